The molecule has 0 bridgehead atoms. The zero-order valence-electron chi connectivity index (χ0n) is 15.3. The van der Waals surface area contributed by atoms with Gasteiger partial charge in [0.1, 0.15) is 0 Å². The number of rotatable bonds is 5. The molecule has 7 heteroatoms. The van der Waals surface area contributed by atoms with Gasteiger partial charge in [-0.2, -0.15) is 0 Å². The zero-order chi connectivity index (χ0) is 19.4. The Morgan fingerprint density at radius 1 is 1.15 bits per heavy atom. The number of carbonyl (C=O) groups excluding carboxylic acids is 2. The molecule has 2 heterocycles. The molecular weight excluding hydrogens is 414 g/mol. The maximum absolute atomic E-state index is 12.6. The van der Waals surface area contributed by atoms with Crippen LogP contribution in [0.4, 0.5) is 0 Å². The second kappa shape index (κ2) is 8.71. The van der Waals surface area contributed by atoms with E-state index in [0.717, 1.165) is 29.5 Å². The Balaban J connectivity index is 2.05. The van der Waals surface area contributed by atoms with Crippen LogP contribution in [0.3, 0.4) is 0 Å². The van der Waals surface area contributed by atoms with Gasteiger partial charge in [-0.1, -0.05) is 34.1 Å². The molecule has 0 radical (unpaired) electrons. The van der Waals surface area contributed by atoms with Crippen LogP contribution < -0.4 is 0 Å². The molecule has 0 N–H and O–H groups in total. The molecule has 1 fully saturated rings. The van der Waals surface area contributed by atoms with E-state index in [1.165, 1.54) is 14.2 Å². The van der Waals surface area contributed by atoms with E-state index in [9.17, 15) is 9.59 Å². The quantitative estimate of drug-likeness (QED) is 0.661. The lowest BCUT2D eigenvalue weighted by Crippen LogP contribution is -2.32. The lowest BCUT2D eigenvalue weighted by Gasteiger charge is -2.31. The highest BCUT2D eigenvalue weighted by Gasteiger charge is 2.36. The second-order valence-electron chi connectivity index (χ2n) is 6.44. The van der Waals surface area contributed by atoms with Gasteiger partial charge in [-0.3, -0.25) is 0 Å². The Kier molecular flexibility index (Phi) is 6.34. The van der Waals surface area contributed by atoms with Crippen molar-refractivity contribution >= 4 is 27.9 Å². The Hall–Kier alpha value is -2.12. The number of nitrogens with zero attached hydrogens (tertiary/aromatic N) is 1. The van der Waals surface area contributed by atoms with Gasteiger partial charge in [0.25, 0.3) is 0 Å². The third kappa shape index (κ3) is 4.25. The summed E-state index contributed by atoms with van der Waals surface area (Å²) in [5.41, 5.74) is 1.55. The molecule has 0 unspecified atom stereocenters. The van der Waals surface area contributed by atoms with Crippen LogP contribution in [0.25, 0.3) is 0 Å². The zero-order valence-corrected chi connectivity index (χ0v) is 16.9. The van der Waals surface area contributed by atoms with Crippen LogP contribution in [0.2, 0.25) is 0 Å². The van der Waals surface area contributed by atoms with Crippen LogP contribution in [-0.4, -0.2) is 50.3 Å². The Morgan fingerprint density at radius 3 is 2.30 bits per heavy atom. The van der Waals surface area contributed by atoms with E-state index in [4.69, 9.17) is 14.2 Å². The monoisotopic (exact) mass is 435 g/mol. The molecule has 0 aromatic heterocycles. The van der Waals surface area contributed by atoms with Crippen molar-refractivity contribution in [3.63, 3.8) is 0 Å². The van der Waals surface area contributed by atoms with Gasteiger partial charge in [0, 0.05) is 30.0 Å². The summed E-state index contributed by atoms with van der Waals surface area (Å²) >= 11 is 3.52. The molecule has 1 aromatic carbocycles. The van der Waals surface area contributed by atoms with Crippen LogP contribution >= 0.6 is 15.9 Å². The normalized spacial score (nSPS) is 20.1. The first-order chi connectivity index (χ1) is 13.0. The number of ether oxygens (including phenoxy) is 3. The largest absolute Gasteiger partial charge is 0.466 e. The minimum absolute atomic E-state index is 0.0651. The number of carbonyl (C=O) groups is 2. The highest BCUT2D eigenvalue weighted by atomic mass is 79.9. The fourth-order valence-corrected chi connectivity index (χ4v) is 3.97. The highest BCUT2D eigenvalue weighted by Crippen LogP contribution is 2.40. The standard InChI is InChI=1S/C20H22BrNO5/c1-25-19(23)15-11-22(10-13-6-5-9-27-13)12-16(20(24)26-2)18(15)14-7-3-4-8-17(14)21/h3-4,7-8,11-13,18H,5-6,9-10H2,1-2H3/t13-/m0/s1. The maximum atomic E-state index is 12.6. The predicted molar refractivity (Wildman–Crippen MR) is 103 cm³/mol. The average Bonchev–Trinajstić information content (AvgIpc) is 3.19. The molecule has 6 nitrogen and oxygen atoms in total. The van der Waals surface area contributed by atoms with Crippen LogP contribution in [0.5, 0.6) is 0 Å². The molecule has 2 aliphatic heterocycles. The Morgan fingerprint density at radius 2 is 1.78 bits per heavy atom. The van der Waals surface area contributed by atoms with Crippen molar-refractivity contribution in [2.45, 2.75) is 24.9 Å². The first-order valence-electron chi connectivity index (χ1n) is 8.77. The van der Waals surface area contributed by atoms with E-state index in [-0.39, 0.29) is 6.10 Å². The number of hydrogen-bond acceptors (Lipinski definition) is 6. The van der Waals surface area contributed by atoms with Crippen molar-refractivity contribution in [3.05, 3.63) is 57.8 Å². The molecule has 1 saturated heterocycles. The number of hydrogen-bond donors (Lipinski definition) is 0. The summed E-state index contributed by atoms with van der Waals surface area (Å²) < 4.78 is 16.5. The number of methoxy groups -OCH3 is 2. The molecule has 0 spiro atoms. The van der Waals surface area contributed by atoms with Crippen molar-refractivity contribution in [2.24, 2.45) is 0 Å². The van der Waals surface area contributed by atoms with Crippen molar-refractivity contribution < 1.29 is 23.8 Å². The number of benzene rings is 1. The molecular formula is C20H22BrNO5. The van der Waals surface area contributed by atoms with Crippen LogP contribution in [-0.2, 0) is 23.8 Å². The van der Waals surface area contributed by atoms with Crippen molar-refractivity contribution in [3.8, 4) is 0 Å². The summed E-state index contributed by atoms with van der Waals surface area (Å²) in [6, 6.07) is 7.49. The molecule has 27 heavy (non-hydrogen) atoms. The SMILES string of the molecule is COC(=O)C1=CN(C[C@@H]2CCCO2)C=C(C(=O)OC)C1c1ccccc1Br. The molecule has 1 aromatic rings. The minimum atomic E-state index is -0.582. The van der Waals surface area contributed by atoms with Gasteiger partial charge < -0.3 is 19.1 Å². The molecule has 0 amide bonds. The number of esters is 2. The Bertz CT molecular complexity index is 748. The van der Waals surface area contributed by atoms with Crippen LogP contribution in [0.1, 0.15) is 24.3 Å². The van der Waals surface area contributed by atoms with Crippen molar-refractivity contribution in [2.75, 3.05) is 27.4 Å². The Labute approximate surface area is 166 Å². The lowest BCUT2D eigenvalue weighted by atomic mass is 9.83. The fraction of sp³-hybridized carbons (Fsp3) is 0.400. The van der Waals surface area contributed by atoms with Crippen molar-refractivity contribution in [1.82, 2.24) is 4.90 Å². The summed E-state index contributed by atoms with van der Waals surface area (Å²) in [5, 5.41) is 0. The van der Waals surface area contributed by atoms with E-state index in [0.29, 0.717) is 17.7 Å². The summed E-state index contributed by atoms with van der Waals surface area (Å²) in [5.74, 6) is -1.55. The van der Waals surface area contributed by atoms with Crippen molar-refractivity contribution in [1.29, 1.82) is 0 Å². The maximum Gasteiger partial charge on any atom is 0.336 e. The predicted octanol–water partition coefficient (Wildman–Crippen LogP) is 3.14. The molecule has 3 rings (SSSR count). The van der Waals surface area contributed by atoms with Gasteiger partial charge in [0.05, 0.1) is 37.4 Å². The van der Waals surface area contributed by atoms with Crippen LogP contribution in [0, 0.1) is 0 Å². The van der Waals surface area contributed by atoms with Gasteiger partial charge in [-0.05, 0) is 24.5 Å². The summed E-state index contributed by atoms with van der Waals surface area (Å²) in [7, 11) is 2.67. The molecule has 1 atom stereocenters. The van der Waals surface area contributed by atoms with E-state index >= 15 is 0 Å². The van der Waals surface area contributed by atoms with Gasteiger partial charge in [-0.15, -0.1) is 0 Å². The third-order valence-corrected chi connectivity index (χ3v) is 5.45. The second-order valence-corrected chi connectivity index (χ2v) is 7.29. The molecule has 0 aliphatic carbocycles. The average molecular weight is 436 g/mol. The van der Waals surface area contributed by atoms with E-state index in [1.54, 1.807) is 12.4 Å². The van der Waals surface area contributed by atoms with Gasteiger partial charge in [-0.25, -0.2) is 9.59 Å². The third-order valence-electron chi connectivity index (χ3n) is 4.73. The lowest BCUT2D eigenvalue weighted by molar-refractivity contribution is -0.137. The fourth-order valence-electron chi connectivity index (χ4n) is 3.46. The number of halogens is 1. The van der Waals surface area contributed by atoms with Gasteiger partial charge in [0.2, 0.25) is 0 Å². The van der Waals surface area contributed by atoms with E-state index < -0.39 is 17.9 Å². The van der Waals surface area contributed by atoms with Gasteiger partial charge in [0.15, 0.2) is 0 Å². The first kappa shape index (κ1) is 19.6. The summed E-state index contributed by atoms with van der Waals surface area (Å²) in [6.07, 6.45) is 5.51. The summed E-state index contributed by atoms with van der Waals surface area (Å²) in [6.45, 7) is 1.29. The van der Waals surface area contributed by atoms with E-state index in [2.05, 4.69) is 15.9 Å². The minimum Gasteiger partial charge on any atom is -0.466 e. The molecule has 0 saturated carbocycles. The topological polar surface area (TPSA) is 65.1 Å². The van der Waals surface area contributed by atoms with E-state index in [1.807, 2.05) is 29.2 Å². The summed E-state index contributed by atoms with van der Waals surface area (Å²) in [4.78, 5) is 26.9. The first-order valence-corrected chi connectivity index (χ1v) is 9.56. The highest BCUT2D eigenvalue weighted by molar-refractivity contribution is 9.10. The van der Waals surface area contributed by atoms with Crippen LogP contribution in [0.15, 0.2) is 52.3 Å². The molecule has 144 valence electrons. The van der Waals surface area contributed by atoms with Gasteiger partial charge >= 0.3 is 11.9 Å². The smallest absolute Gasteiger partial charge is 0.336 e. The molecule has 2 aliphatic rings.